The van der Waals surface area contributed by atoms with Gasteiger partial charge in [-0.1, -0.05) is 43.3 Å². The summed E-state index contributed by atoms with van der Waals surface area (Å²) in [5, 5.41) is 8.67. The normalized spacial score (nSPS) is 22.7. The van der Waals surface area contributed by atoms with Gasteiger partial charge < -0.3 is 15.5 Å². The Hall–Kier alpha value is -2.11. The van der Waals surface area contributed by atoms with E-state index in [1.54, 1.807) is 0 Å². The first-order chi connectivity index (χ1) is 13.6. The standard InChI is InChI=1S/C23H29N3O2.ClH/c1-16-9-12-24-15-21(16)25-22(27)18-10-13-26(14-11-18)23(28)20-8-4-6-17-5-2-3-7-19(17)20;/h2-8,16,18,21,24H,9-15H2,1H3,(H,25,27);1H. The SMILES string of the molecule is CC1CCNCC1NC(=O)C1CCN(C(=O)c2cccc3ccccc23)CC1.Cl. The van der Waals surface area contributed by atoms with Crippen LogP contribution in [0, 0.1) is 11.8 Å². The third-order valence-corrected chi connectivity index (χ3v) is 6.33. The number of amides is 2. The number of carbonyl (C=O) groups is 2. The van der Waals surface area contributed by atoms with E-state index in [9.17, 15) is 9.59 Å². The van der Waals surface area contributed by atoms with Gasteiger partial charge in [-0.2, -0.15) is 0 Å². The first-order valence-electron chi connectivity index (χ1n) is 10.4. The van der Waals surface area contributed by atoms with Gasteiger partial charge in [-0.25, -0.2) is 0 Å². The molecule has 6 heteroatoms. The topological polar surface area (TPSA) is 61.4 Å². The molecular weight excluding hydrogens is 386 g/mol. The molecule has 29 heavy (non-hydrogen) atoms. The van der Waals surface area contributed by atoms with E-state index in [2.05, 4.69) is 17.6 Å². The zero-order valence-corrected chi connectivity index (χ0v) is 17.7. The molecule has 2 saturated heterocycles. The maximum atomic E-state index is 13.1. The van der Waals surface area contributed by atoms with Gasteiger partial charge in [-0.3, -0.25) is 9.59 Å². The molecule has 2 aliphatic heterocycles. The maximum Gasteiger partial charge on any atom is 0.254 e. The quantitative estimate of drug-likeness (QED) is 0.809. The van der Waals surface area contributed by atoms with Gasteiger partial charge in [0.2, 0.25) is 5.91 Å². The Bertz CT molecular complexity index is 859. The van der Waals surface area contributed by atoms with Crippen LogP contribution >= 0.6 is 12.4 Å². The van der Waals surface area contributed by atoms with E-state index in [0.29, 0.717) is 19.0 Å². The summed E-state index contributed by atoms with van der Waals surface area (Å²) >= 11 is 0. The molecule has 2 aliphatic rings. The molecule has 5 nitrogen and oxygen atoms in total. The fourth-order valence-electron chi connectivity index (χ4n) is 4.41. The molecule has 0 spiro atoms. The number of hydrogen-bond donors (Lipinski definition) is 2. The molecule has 0 radical (unpaired) electrons. The average Bonchev–Trinajstić information content (AvgIpc) is 2.74. The summed E-state index contributed by atoms with van der Waals surface area (Å²) in [6.07, 6.45) is 2.57. The van der Waals surface area contributed by atoms with Gasteiger partial charge in [-0.05, 0) is 48.6 Å². The Balaban J connectivity index is 0.00000240. The summed E-state index contributed by atoms with van der Waals surface area (Å²) in [5.41, 5.74) is 0.753. The van der Waals surface area contributed by atoms with E-state index in [0.717, 1.165) is 48.7 Å². The van der Waals surface area contributed by atoms with Crippen LogP contribution in [0.2, 0.25) is 0 Å². The second-order valence-corrected chi connectivity index (χ2v) is 8.18. The highest BCUT2D eigenvalue weighted by atomic mass is 35.5. The van der Waals surface area contributed by atoms with Crippen LogP contribution in [-0.2, 0) is 4.79 Å². The molecule has 0 aliphatic carbocycles. The number of nitrogens with zero attached hydrogens (tertiary/aromatic N) is 1. The highest BCUT2D eigenvalue weighted by molar-refractivity contribution is 6.07. The number of halogens is 1. The average molecular weight is 416 g/mol. The van der Waals surface area contributed by atoms with Crippen molar-refractivity contribution < 1.29 is 9.59 Å². The molecule has 4 rings (SSSR count). The molecule has 2 atom stereocenters. The van der Waals surface area contributed by atoms with Crippen molar-refractivity contribution in [1.82, 2.24) is 15.5 Å². The molecule has 2 amide bonds. The minimum absolute atomic E-state index is 0. The predicted octanol–water partition coefficient (Wildman–Crippen LogP) is 3.23. The molecule has 2 heterocycles. The van der Waals surface area contributed by atoms with Crippen molar-refractivity contribution in [3.63, 3.8) is 0 Å². The molecule has 2 fully saturated rings. The molecular formula is C23H30ClN3O2. The summed E-state index contributed by atoms with van der Waals surface area (Å²) in [7, 11) is 0. The highest BCUT2D eigenvalue weighted by Gasteiger charge is 2.31. The Labute approximate surface area is 178 Å². The Kier molecular flexibility index (Phi) is 7.14. The number of hydrogen-bond acceptors (Lipinski definition) is 3. The van der Waals surface area contributed by atoms with Crippen LogP contribution in [0.15, 0.2) is 42.5 Å². The Morgan fingerprint density at radius 3 is 2.52 bits per heavy atom. The minimum atomic E-state index is 0. The molecule has 2 aromatic carbocycles. The van der Waals surface area contributed by atoms with Crippen molar-refractivity contribution in [2.24, 2.45) is 11.8 Å². The Morgan fingerprint density at radius 1 is 1.03 bits per heavy atom. The van der Waals surface area contributed by atoms with Gasteiger partial charge in [0, 0.05) is 37.2 Å². The van der Waals surface area contributed by atoms with Crippen molar-refractivity contribution in [3.05, 3.63) is 48.0 Å². The lowest BCUT2D eigenvalue weighted by atomic mass is 9.91. The molecule has 0 bridgehead atoms. The summed E-state index contributed by atoms with van der Waals surface area (Å²) in [6.45, 7) is 5.36. The number of piperidine rings is 2. The fourth-order valence-corrected chi connectivity index (χ4v) is 4.41. The molecule has 0 aromatic heterocycles. The van der Waals surface area contributed by atoms with Crippen LogP contribution in [0.5, 0.6) is 0 Å². The van der Waals surface area contributed by atoms with Crippen molar-refractivity contribution in [1.29, 1.82) is 0 Å². The molecule has 2 unspecified atom stereocenters. The highest BCUT2D eigenvalue weighted by Crippen LogP contribution is 2.24. The van der Waals surface area contributed by atoms with Gasteiger partial charge in [0.15, 0.2) is 0 Å². The number of fused-ring (bicyclic) bond motifs is 1. The lowest BCUT2D eigenvalue weighted by Gasteiger charge is -2.34. The van der Waals surface area contributed by atoms with Gasteiger partial charge in [0.25, 0.3) is 5.91 Å². The van der Waals surface area contributed by atoms with E-state index in [4.69, 9.17) is 0 Å². The molecule has 0 saturated carbocycles. The number of rotatable bonds is 3. The van der Waals surface area contributed by atoms with E-state index in [-0.39, 0.29) is 36.2 Å². The predicted molar refractivity (Wildman–Crippen MR) is 118 cm³/mol. The van der Waals surface area contributed by atoms with Crippen LogP contribution in [-0.4, -0.2) is 48.9 Å². The molecule has 156 valence electrons. The van der Waals surface area contributed by atoms with Crippen molar-refractivity contribution >= 4 is 35.0 Å². The minimum Gasteiger partial charge on any atom is -0.352 e. The fraction of sp³-hybridized carbons (Fsp3) is 0.478. The summed E-state index contributed by atoms with van der Waals surface area (Å²) < 4.78 is 0. The third kappa shape index (κ3) is 4.73. The first-order valence-corrected chi connectivity index (χ1v) is 10.4. The van der Waals surface area contributed by atoms with Crippen LogP contribution in [0.3, 0.4) is 0 Å². The van der Waals surface area contributed by atoms with Gasteiger partial charge in [-0.15, -0.1) is 12.4 Å². The largest absolute Gasteiger partial charge is 0.352 e. The van der Waals surface area contributed by atoms with E-state index in [1.807, 2.05) is 47.4 Å². The zero-order chi connectivity index (χ0) is 19.5. The maximum absolute atomic E-state index is 13.1. The second kappa shape index (κ2) is 9.59. The smallest absolute Gasteiger partial charge is 0.254 e. The molecule has 2 aromatic rings. The number of carbonyl (C=O) groups excluding carboxylic acids is 2. The summed E-state index contributed by atoms with van der Waals surface area (Å²) in [4.78, 5) is 27.7. The van der Waals surface area contributed by atoms with Crippen LogP contribution in [0.1, 0.15) is 36.5 Å². The lowest BCUT2D eigenvalue weighted by molar-refractivity contribution is -0.127. The van der Waals surface area contributed by atoms with Crippen molar-refractivity contribution in [2.75, 3.05) is 26.2 Å². The lowest BCUT2D eigenvalue weighted by Crippen LogP contribution is -2.52. The summed E-state index contributed by atoms with van der Waals surface area (Å²) in [5.74, 6) is 0.738. The Morgan fingerprint density at radius 2 is 1.76 bits per heavy atom. The van der Waals surface area contributed by atoms with E-state index in [1.165, 1.54) is 0 Å². The monoisotopic (exact) mass is 415 g/mol. The van der Waals surface area contributed by atoms with Crippen molar-refractivity contribution in [3.8, 4) is 0 Å². The molecule has 2 N–H and O–H groups in total. The zero-order valence-electron chi connectivity index (χ0n) is 16.9. The third-order valence-electron chi connectivity index (χ3n) is 6.33. The number of benzene rings is 2. The van der Waals surface area contributed by atoms with Crippen LogP contribution in [0.25, 0.3) is 10.8 Å². The van der Waals surface area contributed by atoms with Gasteiger partial charge >= 0.3 is 0 Å². The second-order valence-electron chi connectivity index (χ2n) is 8.18. The number of nitrogens with one attached hydrogen (secondary N) is 2. The number of likely N-dealkylation sites (tertiary alicyclic amines) is 1. The van der Waals surface area contributed by atoms with E-state index < -0.39 is 0 Å². The van der Waals surface area contributed by atoms with Crippen LogP contribution < -0.4 is 10.6 Å². The first kappa shape index (κ1) is 21.6. The van der Waals surface area contributed by atoms with Gasteiger partial charge in [0.1, 0.15) is 0 Å². The summed E-state index contributed by atoms with van der Waals surface area (Å²) in [6, 6.07) is 14.1. The van der Waals surface area contributed by atoms with E-state index >= 15 is 0 Å². The van der Waals surface area contributed by atoms with Crippen molar-refractivity contribution in [2.45, 2.75) is 32.2 Å². The van der Waals surface area contributed by atoms with Gasteiger partial charge in [0.05, 0.1) is 0 Å². The van der Waals surface area contributed by atoms with Crippen LogP contribution in [0.4, 0.5) is 0 Å².